The smallest absolute Gasteiger partial charge is 0.0576 e. The number of hydrogen-bond donors (Lipinski definition) is 1. The molecular weight excluding hydrogens is 218 g/mol. The van der Waals surface area contributed by atoms with Crippen LogP contribution in [0.5, 0.6) is 0 Å². The Hall–Kier alpha value is -0.380. The zero-order chi connectivity index (χ0) is 11.2. The number of nitrogens with one attached hydrogen (secondary N) is 1. The van der Waals surface area contributed by atoms with Crippen LogP contribution in [0.4, 0.5) is 0 Å². The number of thiophene rings is 1. The van der Waals surface area contributed by atoms with Crippen molar-refractivity contribution >= 4 is 11.3 Å². The molecule has 0 amide bonds. The van der Waals surface area contributed by atoms with Crippen LogP contribution in [-0.4, -0.2) is 18.8 Å². The Morgan fingerprint density at radius 1 is 1.62 bits per heavy atom. The van der Waals surface area contributed by atoms with E-state index in [-0.39, 0.29) is 0 Å². The first-order valence-corrected chi connectivity index (χ1v) is 7.10. The molecule has 2 unspecified atom stereocenters. The fourth-order valence-corrected chi connectivity index (χ4v) is 2.75. The van der Waals surface area contributed by atoms with Crippen LogP contribution >= 0.6 is 11.3 Å². The Balaban J connectivity index is 1.58. The third-order valence-corrected chi connectivity index (χ3v) is 4.03. The van der Waals surface area contributed by atoms with E-state index in [1.807, 2.05) is 11.3 Å². The molecule has 0 spiro atoms. The molecule has 1 N–H and O–H groups in total. The largest absolute Gasteiger partial charge is 0.378 e. The summed E-state index contributed by atoms with van der Waals surface area (Å²) in [5.74, 6) is 0. The van der Waals surface area contributed by atoms with Gasteiger partial charge in [0.2, 0.25) is 0 Å². The molecule has 1 aliphatic rings. The Bertz CT molecular complexity index is 280. The summed E-state index contributed by atoms with van der Waals surface area (Å²) >= 11 is 1.82. The van der Waals surface area contributed by atoms with Crippen molar-refractivity contribution in [2.45, 2.75) is 51.3 Å². The van der Waals surface area contributed by atoms with Crippen molar-refractivity contribution in [1.82, 2.24) is 5.32 Å². The predicted molar refractivity (Wildman–Crippen MR) is 68.8 cm³/mol. The van der Waals surface area contributed by atoms with Crippen LogP contribution in [0.25, 0.3) is 0 Å². The number of hydrogen-bond acceptors (Lipinski definition) is 3. The molecule has 90 valence electrons. The molecule has 0 aromatic carbocycles. The minimum atomic E-state index is 0.533. The molecule has 1 aromatic heterocycles. The molecule has 1 fully saturated rings. The van der Waals surface area contributed by atoms with Crippen LogP contribution in [0.1, 0.15) is 37.5 Å². The van der Waals surface area contributed by atoms with Crippen molar-refractivity contribution in [2.24, 2.45) is 0 Å². The monoisotopic (exact) mass is 239 g/mol. The summed E-state index contributed by atoms with van der Waals surface area (Å²) in [6.45, 7) is 4.24. The number of ether oxygens (including phenoxy) is 1. The highest BCUT2D eigenvalue weighted by atomic mass is 32.1. The normalized spacial score (nSPS) is 22.4. The Morgan fingerprint density at radius 2 is 2.56 bits per heavy atom. The highest BCUT2D eigenvalue weighted by molar-refractivity contribution is 7.09. The highest BCUT2D eigenvalue weighted by Crippen LogP contribution is 2.17. The van der Waals surface area contributed by atoms with Gasteiger partial charge in [-0.05, 0) is 44.1 Å². The standard InChI is InChI=1S/C13H21NOS/c1-11(6-7-12-4-2-8-15-12)14-10-13-5-3-9-16-13/h3,5,9,11-12,14H,2,4,6-8,10H2,1H3. The molecule has 16 heavy (non-hydrogen) atoms. The summed E-state index contributed by atoms with van der Waals surface area (Å²) in [6, 6.07) is 4.88. The topological polar surface area (TPSA) is 21.3 Å². The van der Waals surface area contributed by atoms with E-state index in [9.17, 15) is 0 Å². The van der Waals surface area contributed by atoms with Gasteiger partial charge in [0.05, 0.1) is 6.10 Å². The maximum atomic E-state index is 5.63. The summed E-state index contributed by atoms with van der Waals surface area (Å²) in [5, 5.41) is 5.70. The second-order valence-electron chi connectivity index (χ2n) is 4.57. The second kappa shape index (κ2) is 6.38. The number of rotatable bonds is 6. The lowest BCUT2D eigenvalue weighted by Crippen LogP contribution is -2.26. The van der Waals surface area contributed by atoms with Gasteiger partial charge in [0.1, 0.15) is 0 Å². The van der Waals surface area contributed by atoms with Crippen LogP contribution in [0.3, 0.4) is 0 Å². The van der Waals surface area contributed by atoms with Gasteiger partial charge in [0, 0.05) is 24.1 Å². The fourth-order valence-electron chi connectivity index (χ4n) is 2.10. The molecule has 0 radical (unpaired) electrons. The molecule has 2 atom stereocenters. The van der Waals surface area contributed by atoms with Crippen molar-refractivity contribution < 1.29 is 4.74 Å². The highest BCUT2D eigenvalue weighted by Gasteiger charge is 2.16. The fraction of sp³-hybridized carbons (Fsp3) is 0.692. The second-order valence-corrected chi connectivity index (χ2v) is 5.61. The zero-order valence-electron chi connectivity index (χ0n) is 9.95. The zero-order valence-corrected chi connectivity index (χ0v) is 10.8. The van der Waals surface area contributed by atoms with Gasteiger partial charge in [0.15, 0.2) is 0 Å². The van der Waals surface area contributed by atoms with Gasteiger partial charge in [-0.2, -0.15) is 0 Å². The molecule has 0 saturated carbocycles. The third kappa shape index (κ3) is 3.89. The Labute approximate surface area is 102 Å². The molecule has 2 nitrogen and oxygen atoms in total. The van der Waals surface area contributed by atoms with Crippen molar-refractivity contribution in [3.63, 3.8) is 0 Å². The van der Waals surface area contributed by atoms with Gasteiger partial charge >= 0.3 is 0 Å². The van der Waals surface area contributed by atoms with Crippen LogP contribution in [0.2, 0.25) is 0 Å². The molecular formula is C13H21NOS. The molecule has 0 aliphatic carbocycles. The third-order valence-electron chi connectivity index (χ3n) is 3.15. The molecule has 1 saturated heterocycles. The molecule has 2 heterocycles. The summed E-state index contributed by atoms with van der Waals surface area (Å²) in [4.78, 5) is 1.42. The van der Waals surface area contributed by atoms with E-state index in [4.69, 9.17) is 4.74 Å². The first kappa shape index (κ1) is 12.1. The van der Waals surface area contributed by atoms with Gasteiger partial charge in [-0.3, -0.25) is 0 Å². The van der Waals surface area contributed by atoms with E-state index in [2.05, 4.69) is 29.8 Å². The van der Waals surface area contributed by atoms with Crippen molar-refractivity contribution in [3.05, 3.63) is 22.4 Å². The lowest BCUT2D eigenvalue weighted by Gasteiger charge is -2.15. The molecule has 3 heteroatoms. The van der Waals surface area contributed by atoms with Crippen LogP contribution in [0, 0.1) is 0 Å². The predicted octanol–water partition coefficient (Wildman–Crippen LogP) is 3.19. The van der Waals surface area contributed by atoms with Gasteiger partial charge in [-0.1, -0.05) is 6.07 Å². The average Bonchev–Trinajstić information content (AvgIpc) is 2.96. The lowest BCUT2D eigenvalue weighted by atomic mass is 10.1. The molecule has 1 aromatic rings. The van der Waals surface area contributed by atoms with Gasteiger partial charge in [-0.15, -0.1) is 11.3 Å². The van der Waals surface area contributed by atoms with Crippen LogP contribution < -0.4 is 5.32 Å². The minimum absolute atomic E-state index is 0.533. The summed E-state index contributed by atoms with van der Waals surface area (Å²) in [7, 11) is 0. The van der Waals surface area contributed by atoms with E-state index in [0.29, 0.717) is 12.1 Å². The van der Waals surface area contributed by atoms with E-state index in [1.54, 1.807) is 0 Å². The van der Waals surface area contributed by atoms with Crippen LogP contribution in [-0.2, 0) is 11.3 Å². The van der Waals surface area contributed by atoms with Gasteiger partial charge < -0.3 is 10.1 Å². The van der Waals surface area contributed by atoms with E-state index >= 15 is 0 Å². The van der Waals surface area contributed by atoms with Crippen molar-refractivity contribution in [3.8, 4) is 0 Å². The van der Waals surface area contributed by atoms with Crippen molar-refractivity contribution in [1.29, 1.82) is 0 Å². The Kier molecular flexibility index (Phi) is 4.82. The lowest BCUT2D eigenvalue weighted by molar-refractivity contribution is 0.100. The Morgan fingerprint density at radius 3 is 3.25 bits per heavy atom. The maximum absolute atomic E-state index is 5.63. The molecule has 1 aliphatic heterocycles. The first-order chi connectivity index (χ1) is 7.84. The van der Waals surface area contributed by atoms with Crippen molar-refractivity contribution in [2.75, 3.05) is 6.61 Å². The summed E-state index contributed by atoms with van der Waals surface area (Å²) < 4.78 is 5.63. The average molecular weight is 239 g/mol. The summed E-state index contributed by atoms with van der Waals surface area (Å²) in [5.41, 5.74) is 0. The SMILES string of the molecule is CC(CCC1CCCO1)NCc1cccs1. The van der Waals surface area contributed by atoms with Gasteiger partial charge in [0.25, 0.3) is 0 Å². The van der Waals surface area contributed by atoms with Crippen LogP contribution in [0.15, 0.2) is 17.5 Å². The quantitative estimate of drug-likeness (QED) is 0.823. The molecule has 0 bridgehead atoms. The molecule has 2 rings (SSSR count). The van der Waals surface area contributed by atoms with Gasteiger partial charge in [-0.25, -0.2) is 0 Å². The first-order valence-electron chi connectivity index (χ1n) is 6.22. The minimum Gasteiger partial charge on any atom is -0.378 e. The summed E-state index contributed by atoms with van der Waals surface area (Å²) in [6.07, 6.45) is 5.47. The van der Waals surface area contributed by atoms with E-state index < -0.39 is 0 Å². The maximum Gasteiger partial charge on any atom is 0.0576 e. The van der Waals surface area contributed by atoms with E-state index in [1.165, 1.54) is 30.6 Å². The van der Waals surface area contributed by atoms with E-state index in [0.717, 1.165) is 13.2 Å².